The number of carbonyl (C=O) groups excluding carboxylic acids is 1. The molecule has 0 saturated heterocycles. The van der Waals surface area contributed by atoms with E-state index in [2.05, 4.69) is 0 Å². The van der Waals surface area contributed by atoms with Crippen LogP contribution >= 0.6 is 11.6 Å². The minimum atomic E-state index is -4.20. The van der Waals surface area contributed by atoms with Crippen LogP contribution in [0.2, 0.25) is 5.02 Å². The standard InChI is InChI=1S/C23H24ClFN2O3S/c1-13(2)11-19(28)21-14(3)22(15-5-8-17(24)9-6-15)27(4)23(21)16-7-10-20(18(25)12-16)31(26,29)30/h5-10,12-13H,11H2,1-4H3,(H2,26,29,30). The summed E-state index contributed by atoms with van der Waals surface area (Å²) in [7, 11) is -2.40. The second-order valence-electron chi connectivity index (χ2n) is 7.97. The molecule has 1 aromatic heterocycles. The quantitative estimate of drug-likeness (QED) is 0.502. The summed E-state index contributed by atoms with van der Waals surface area (Å²) >= 11 is 6.03. The van der Waals surface area contributed by atoms with E-state index in [4.69, 9.17) is 16.7 Å². The maximum atomic E-state index is 14.6. The predicted octanol–water partition coefficient (Wildman–Crippen LogP) is 5.34. The lowest BCUT2D eigenvalue weighted by atomic mass is 9.95. The molecule has 0 aliphatic rings. The van der Waals surface area contributed by atoms with Gasteiger partial charge in [-0.05, 0) is 48.2 Å². The van der Waals surface area contributed by atoms with Gasteiger partial charge in [-0.25, -0.2) is 17.9 Å². The molecule has 8 heteroatoms. The summed E-state index contributed by atoms with van der Waals surface area (Å²) in [5.41, 5.74) is 3.83. The second kappa shape index (κ2) is 8.57. The molecule has 0 radical (unpaired) electrons. The van der Waals surface area contributed by atoms with Gasteiger partial charge in [0.05, 0.1) is 11.4 Å². The Morgan fingerprint density at radius 3 is 2.19 bits per heavy atom. The molecule has 3 rings (SSSR count). The van der Waals surface area contributed by atoms with Crippen LogP contribution in [0.3, 0.4) is 0 Å². The number of sulfonamides is 1. The van der Waals surface area contributed by atoms with Gasteiger partial charge in [0, 0.05) is 29.6 Å². The van der Waals surface area contributed by atoms with Crippen LogP contribution in [0.25, 0.3) is 22.5 Å². The number of aromatic nitrogens is 1. The molecular formula is C23H24ClFN2O3S. The molecule has 0 bridgehead atoms. The number of Topliss-reactive ketones (excluding diaryl/α,β-unsaturated/α-hetero) is 1. The van der Waals surface area contributed by atoms with Gasteiger partial charge in [-0.2, -0.15) is 0 Å². The van der Waals surface area contributed by atoms with Gasteiger partial charge in [0.25, 0.3) is 0 Å². The van der Waals surface area contributed by atoms with Crippen LogP contribution < -0.4 is 5.14 Å². The van der Waals surface area contributed by atoms with Crippen LogP contribution in [0.1, 0.15) is 36.2 Å². The highest BCUT2D eigenvalue weighted by atomic mass is 35.5. The van der Waals surface area contributed by atoms with E-state index in [0.29, 0.717) is 28.3 Å². The highest BCUT2D eigenvalue weighted by molar-refractivity contribution is 7.89. The predicted molar refractivity (Wildman–Crippen MR) is 121 cm³/mol. The minimum Gasteiger partial charge on any atom is -0.343 e. The zero-order chi connectivity index (χ0) is 23.1. The third-order valence-corrected chi connectivity index (χ3v) is 6.34. The maximum absolute atomic E-state index is 14.6. The number of hydrogen-bond acceptors (Lipinski definition) is 3. The van der Waals surface area contributed by atoms with E-state index >= 15 is 0 Å². The Balaban J connectivity index is 2.30. The number of ketones is 1. The van der Waals surface area contributed by atoms with Gasteiger partial charge in [0.2, 0.25) is 10.0 Å². The summed E-state index contributed by atoms with van der Waals surface area (Å²) < 4.78 is 39.7. The van der Waals surface area contributed by atoms with Crippen molar-refractivity contribution in [1.29, 1.82) is 0 Å². The van der Waals surface area contributed by atoms with Crippen LogP contribution in [0.15, 0.2) is 47.4 Å². The SMILES string of the molecule is Cc1c(C(=O)CC(C)C)c(-c2ccc(S(N)(=O)=O)c(F)c2)n(C)c1-c1ccc(Cl)cc1. The topological polar surface area (TPSA) is 82.2 Å². The summed E-state index contributed by atoms with van der Waals surface area (Å²) in [4.78, 5) is 12.6. The van der Waals surface area contributed by atoms with Crippen LogP contribution in [0.4, 0.5) is 4.39 Å². The first kappa shape index (κ1) is 23.2. The molecule has 2 aromatic carbocycles. The van der Waals surface area contributed by atoms with Gasteiger partial charge >= 0.3 is 0 Å². The molecule has 3 aromatic rings. The van der Waals surface area contributed by atoms with Crippen molar-refractivity contribution in [2.45, 2.75) is 32.1 Å². The zero-order valence-corrected chi connectivity index (χ0v) is 19.3. The van der Waals surface area contributed by atoms with Crippen molar-refractivity contribution in [1.82, 2.24) is 4.57 Å². The van der Waals surface area contributed by atoms with Crippen molar-refractivity contribution >= 4 is 27.4 Å². The Kier molecular flexibility index (Phi) is 6.41. The number of nitrogens with two attached hydrogens (primary N) is 1. The van der Waals surface area contributed by atoms with Gasteiger partial charge in [0.15, 0.2) is 5.78 Å². The summed E-state index contributed by atoms with van der Waals surface area (Å²) in [6, 6.07) is 10.9. The smallest absolute Gasteiger partial charge is 0.240 e. The average molecular weight is 463 g/mol. The van der Waals surface area contributed by atoms with E-state index in [1.807, 2.05) is 37.5 Å². The van der Waals surface area contributed by atoms with Gasteiger partial charge in [0.1, 0.15) is 10.7 Å². The highest BCUT2D eigenvalue weighted by Gasteiger charge is 2.26. The molecule has 0 aliphatic carbocycles. The lowest BCUT2D eigenvalue weighted by molar-refractivity contribution is 0.0968. The van der Waals surface area contributed by atoms with Crippen LogP contribution in [-0.4, -0.2) is 18.8 Å². The van der Waals surface area contributed by atoms with Crippen molar-refractivity contribution in [3.05, 3.63) is 64.4 Å². The van der Waals surface area contributed by atoms with Crippen molar-refractivity contribution < 1.29 is 17.6 Å². The number of benzene rings is 2. The van der Waals surface area contributed by atoms with E-state index in [1.165, 1.54) is 6.07 Å². The monoisotopic (exact) mass is 462 g/mol. The Hall–Kier alpha value is -2.48. The first-order valence-corrected chi connectivity index (χ1v) is 11.6. The van der Waals surface area contributed by atoms with E-state index in [9.17, 15) is 17.6 Å². The van der Waals surface area contributed by atoms with Gasteiger partial charge in [-0.15, -0.1) is 0 Å². The Bertz CT molecular complexity index is 1260. The molecule has 0 aliphatic heterocycles. The van der Waals surface area contributed by atoms with Gasteiger partial charge in [-0.3, -0.25) is 4.79 Å². The van der Waals surface area contributed by atoms with Crippen molar-refractivity contribution in [2.24, 2.45) is 18.1 Å². The van der Waals surface area contributed by atoms with Crippen LogP contribution in [-0.2, 0) is 17.1 Å². The van der Waals surface area contributed by atoms with Crippen molar-refractivity contribution in [3.63, 3.8) is 0 Å². The third-order valence-electron chi connectivity index (χ3n) is 5.14. The average Bonchev–Trinajstić information content (AvgIpc) is 2.91. The largest absolute Gasteiger partial charge is 0.343 e. The number of halogens is 2. The first-order chi connectivity index (χ1) is 14.4. The molecule has 1 heterocycles. The normalized spacial score (nSPS) is 11.9. The van der Waals surface area contributed by atoms with E-state index < -0.39 is 20.7 Å². The number of primary sulfonamides is 1. The Morgan fingerprint density at radius 2 is 1.68 bits per heavy atom. The molecule has 31 heavy (non-hydrogen) atoms. The minimum absolute atomic E-state index is 0.0609. The van der Waals surface area contributed by atoms with Gasteiger partial charge in [-0.1, -0.05) is 43.6 Å². The Morgan fingerprint density at radius 1 is 1.10 bits per heavy atom. The van der Waals surface area contributed by atoms with Crippen molar-refractivity contribution in [3.8, 4) is 22.5 Å². The molecule has 164 valence electrons. The third kappa shape index (κ3) is 4.59. The molecule has 0 fully saturated rings. The fourth-order valence-corrected chi connectivity index (χ4v) is 4.59. The first-order valence-electron chi connectivity index (χ1n) is 9.73. The number of rotatable bonds is 6. The van der Waals surface area contributed by atoms with E-state index in [0.717, 1.165) is 29.0 Å². The van der Waals surface area contributed by atoms with Gasteiger partial charge < -0.3 is 4.57 Å². The number of carbonyl (C=O) groups is 1. The number of nitrogens with zero attached hydrogens (tertiary/aromatic N) is 1. The summed E-state index contributed by atoms with van der Waals surface area (Å²) in [5, 5.41) is 5.68. The Labute approximate surface area is 186 Å². The summed E-state index contributed by atoms with van der Waals surface area (Å²) in [6.07, 6.45) is 0.329. The van der Waals surface area contributed by atoms with E-state index in [-0.39, 0.29) is 11.7 Å². The maximum Gasteiger partial charge on any atom is 0.240 e. The molecule has 0 spiro atoms. The molecule has 0 saturated carbocycles. The summed E-state index contributed by atoms with van der Waals surface area (Å²) in [6.45, 7) is 5.77. The molecule has 0 atom stereocenters. The van der Waals surface area contributed by atoms with Crippen LogP contribution in [0, 0.1) is 18.7 Å². The second-order valence-corrected chi connectivity index (χ2v) is 9.94. The fourth-order valence-electron chi connectivity index (χ4n) is 3.88. The zero-order valence-electron chi connectivity index (χ0n) is 17.7. The summed E-state index contributed by atoms with van der Waals surface area (Å²) in [5.74, 6) is -0.885. The van der Waals surface area contributed by atoms with Crippen molar-refractivity contribution in [2.75, 3.05) is 0 Å². The molecule has 0 unspecified atom stereocenters. The molecule has 2 N–H and O–H groups in total. The molecule has 0 amide bonds. The lowest BCUT2D eigenvalue weighted by Gasteiger charge is -2.12. The number of hydrogen-bond donors (Lipinski definition) is 1. The van der Waals surface area contributed by atoms with Crippen LogP contribution in [0.5, 0.6) is 0 Å². The fraction of sp³-hybridized carbons (Fsp3) is 0.261. The van der Waals surface area contributed by atoms with E-state index in [1.54, 1.807) is 19.2 Å². The lowest BCUT2D eigenvalue weighted by Crippen LogP contribution is -2.14. The highest BCUT2D eigenvalue weighted by Crippen LogP contribution is 2.38. The molecule has 5 nitrogen and oxygen atoms in total. The molecular weight excluding hydrogens is 439 g/mol.